The van der Waals surface area contributed by atoms with Crippen LogP contribution in [0.3, 0.4) is 0 Å². The van der Waals surface area contributed by atoms with Gasteiger partial charge in [-0.05, 0) is 49.4 Å². The molecule has 7 heteroatoms. The molecule has 2 rings (SSSR count). The molecule has 0 aromatic heterocycles. The van der Waals surface area contributed by atoms with Gasteiger partial charge in [0.2, 0.25) is 11.8 Å². The van der Waals surface area contributed by atoms with Crippen molar-refractivity contribution in [3.63, 3.8) is 0 Å². The highest BCUT2D eigenvalue weighted by atomic mass is 16.5. The van der Waals surface area contributed by atoms with Crippen molar-refractivity contribution in [3.05, 3.63) is 29.3 Å². The lowest BCUT2D eigenvalue weighted by Crippen LogP contribution is -2.49. The molecule has 7 nitrogen and oxygen atoms in total. The Labute approximate surface area is 153 Å². The Hall–Kier alpha value is -2.41. The maximum Gasteiger partial charge on any atom is 0.335 e. The van der Waals surface area contributed by atoms with Crippen molar-refractivity contribution in [2.45, 2.75) is 51.7 Å². The van der Waals surface area contributed by atoms with Crippen LogP contribution in [0.4, 0.5) is 5.69 Å². The Morgan fingerprint density at radius 2 is 2.04 bits per heavy atom. The number of ether oxygens (including phenoxy) is 1. The summed E-state index contributed by atoms with van der Waals surface area (Å²) in [6, 6.07) is 4.11. The zero-order chi connectivity index (χ0) is 19.1. The first-order chi connectivity index (χ1) is 12.5. The number of piperidine rings is 1. The van der Waals surface area contributed by atoms with E-state index in [1.807, 2.05) is 6.92 Å². The second-order valence-electron chi connectivity index (χ2n) is 6.49. The predicted molar refractivity (Wildman–Crippen MR) is 97.0 cm³/mol. The first kappa shape index (κ1) is 19.9. The Morgan fingerprint density at radius 1 is 1.27 bits per heavy atom. The molecule has 0 bridgehead atoms. The minimum Gasteiger partial charge on any atom is -0.478 e. The zero-order valence-corrected chi connectivity index (χ0v) is 15.3. The van der Waals surface area contributed by atoms with Crippen LogP contribution < -0.4 is 5.32 Å². The summed E-state index contributed by atoms with van der Waals surface area (Å²) in [7, 11) is 1.52. The van der Waals surface area contributed by atoms with Gasteiger partial charge in [0.25, 0.3) is 0 Å². The topological polar surface area (TPSA) is 95.9 Å². The molecule has 1 aliphatic heterocycles. The van der Waals surface area contributed by atoms with Crippen LogP contribution in [0.5, 0.6) is 0 Å². The molecular weight excluding hydrogens is 336 g/mol. The number of rotatable bonds is 7. The molecule has 0 spiro atoms. The molecule has 1 saturated heterocycles. The number of carboxylic acids is 1. The average molecular weight is 362 g/mol. The van der Waals surface area contributed by atoms with Gasteiger partial charge in [-0.2, -0.15) is 0 Å². The van der Waals surface area contributed by atoms with Gasteiger partial charge in [0.1, 0.15) is 6.04 Å². The van der Waals surface area contributed by atoms with E-state index in [1.165, 1.54) is 19.2 Å². The van der Waals surface area contributed by atoms with Crippen molar-refractivity contribution in [2.24, 2.45) is 0 Å². The van der Waals surface area contributed by atoms with E-state index in [9.17, 15) is 19.5 Å². The first-order valence-electron chi connectivity index (χ1n) is 8.92. The lowest BCUT2D eigenvalue weighted by molar-refractivity contribution is -0.140. The van der Waals surface area contributed by atoms with Crippen LogP contribution in [-0.2, 0) is 20.9 Å². The average Bonchev–Trinajstić information content (AvgIpc) is 2.62. The monoisotopic (exact) mass is 362 g/mol. The highest BCUT2D eigenvalue weighted by molar-refractivity contribution is 5.98. The van der Waals surface area contributed by atoms with Crippen molar-refractivity contribution in [3.8, 4) is 0 Å². The SMILES string of the molecule is CCCC(=O)N1CCCCC1C(=O)Nc1cc(COC)cc(C(=O)O)c1. The number of likely N-dealkylation sites (tertiary alicyclic amines) is 1. The molecule has 142 valence electrons. The van der Waals surface area contributed by atoms with Gasteiger partial charge in [-0.25, -0.2) is 4.79 Å². The Bertz CT molecular complexity index is 674. The van der Waals surface area contributed by atoms with Crippen molar-refractivity contribution in [2.75, 3.05) is 19.0 Å². The molecule has 1 aromatic rings. The van der Waals surface area contributed by atoms with Crippen LogP contribution in [0, 0.1) is 0 Å². The van der Waals surface area contributed by atoms with E-state index in [2.05, 4.69) is 5.32 Å². The van der Waals surface area contributed by atoms with Crippen molar-refractivity contribution in [1.29, 1.82) is 0 Å². The number of nitrogens with one attached hydrogen (secondary N) is 1. The first-order valence-corrected chi connectivity index (χ1v) is 8.92. The van der Waals surface area contributed by atoms with E-state index in [0.29, 0.717) is 30.6 Å². The maximum absolute atomic E-state index is 12.8. The van der Waals surface area contributed by atoms with E-state index in [-0.39, 0.29) is 24.0 Å². The minimum atomic E-state index is -1.07. The molecule has 0 radical (unpaired) electrons. The van der Waals surface area contributed by atoms with Gasteiger partial charge in [-0.15, -0.1) is 0 Å². The number of benzene rings is 1. The highest BCUT2D eigenvalue weighted by Gasteiger charge is 2.31. The van der Waals surface area contributed by atoms with E-state index < -0.39 is 12.0 Å². The summed E-state index contributed by atoms with van der Waals surface area (Å²) in [4.78, 5) is 38.0. The molecule has 26 heavy (non-hydrogen) atoms. The van der Waals surface area contributed by atoms with Gasteiger partial charge in [0.15, 0.2) is 0 Å². The van der Waals surface area contributed by atoms with Crippen LogP contribution in [-0.4, -0.2) is 47.5 Å². The van der Waals surface area contributed by atoms with Crippen LogP contribution in [0.1, 0.15) is 54.9 Å². The number of hydrogen-bond acceptors (Lipinski definition) is 4. The fourth-order valence-electron chi connectivity index (χ4n) is 3.22. The minimum absolute atomic E-state index is 0.00768. The van der Waals surface area contributed by atoms with Crippen LogP contribution >= 0.6 is 0 Å². The number of anilines is 1. The largest absolute Gasteiger partial charge is 0.478 e. The standard InChI is InChI=1S/C19H26N2O5/c1-3-6-17(22)21-8-5-4-7-16(21)18(23)20-15-10-13(12-26-2)9-14(11-15)19(24)25/h9-11,16H,3-8,12H2,1-2H3,(H,20,23)(H,24,25). The molecule has 2 amide bonds. The summed E-state index contributed by atoms with van der Waals surface area (Å²) < 4.78 is 5.06. The number of aromatic carboxylic acids is 1. The predicted octanol–water partition coefficient (Wildman–Crippen LogP) is 2.65. The quantitative estimate of drug-likeness (QED) is 0.777. The molecular formula is C19H26N2O5. The van der Waals surface area contributed by atoms with Crippen molar-refractivity contribution < 1.29 is 24.2 Å². The van der Waals surface area contributed by atoms with E-state index in [4.69, 9.17) is 4.74 Å². The molecule has 1 heterocycles. The summed E-state index contributed by atoms with van der Waals surface area (Å²) >= 11 is 0. The number of carbonyl (C=O) groups excluding carboxylic acids is 2. The Morgan fingerprint density at radius 3 is 2.69 bits per heavy atom. The molecule has 1 atom stereocenters. The molecule has 0 aliphatic carbocycles. The van der Waals surface area contributed by atoms with Crippen molar-refractivity contribution in [1.82, 2.24) is 4.90 Å². The normalized spacial score (nSPS) is 17.0. The molecule has 1 aliphatic rings. The summed E-state index contributed by atoms with van der Waals surface area (Å²) in [5, 5.41) is 12.0. The maximum atomic E-state index is 12.8. The molecule has 1 unspecified atom stereocenters. The smallest absolute Gasteiger partial charge is 0.335 e. The Balaban J connectivity index is 2.19. The lowest BCUT2D eigenvalue weighted by atomic mass is 10.00. The fraction of sp³-hybridized carbons (Fsp3) is 0.526. The molecule has 1 aromatic carbocycles. The second kappa shape index (κ2) is 9.33. The van der Waals surface area contributed by atoms with Crippen molar-refractivity contribution >= 4 is 23.5 Å². The van der Waals surface area contributed by atoms with E-state index in [0.717, 1.165) is 19.3 Å². The Kier molecular flexibility index (Phi) is 7.15. The van der Waals surface area contributed by atoms with E-state index in [1.54, 1.807) is 11.0 Å². The summed E-state index contributed by atoms with van der Waals surface area (Å²) in [6.45, 7) is 2.77. The lowest BCUT2D eigenvalue weighted by Gasteiger charge is -2.34. The second-order valence-corrected chi connectivity index (χ2v) is 6.49. The molecule has 0 saturated carbocycles. The van der Waals surface area contributed by atoms with Gasteiger partial charge in [0, 0.05) is 25.8 Å². The van der Waals surface area contributed by atoms with Gasteiger partial charge in [-0.3, -0.25) is 9.59 Å². The summed E-state index contributed by atoms with van der Waals surface area (Å²) in [6.07, 6.45) is 3.57. The third kappa shape index (κ3) is 5.05. The number of amides is 2. The number of carboxylic acid groups (broad SMARTS) is 1. The van der Waals surface area contributed by atoms with Crippen LogP contribution in [0.15, 0.2) is 18.2 Å². The number of nitrogens with zero attached hydrogens (tertiary/aromatic N) is 1. The molecule has 2 N–H and O–H groups in total. The fourth-order valence-corrected chi connectivity index (χ4v) is 3.22. The van der Waals surface area contributed by atoms with Crippen LogP contribution in [0.25, 0.3) is 0 Å². The summed E-state index contributed by atoms with van der Waals surface area (Å²) in [5.74, 6) is -1.36. The number of carbonyl (C=O) groups is 3. The molecule has 1 fully saturated rings. The number of methoxy groups -OCH3 is 1. The van der Waals surface area contributed by atoms with E-state index >= 15 is 0 Å². The van der Waals surface area contributed by atoms with Gasteiger partial charge in [-0.1, -0.05) is 6.92 Å². The van der Waals surface area contributed by atoms with Gasteiger partial charge in [0.05, 0.1) is 12.2 Å². The number of hydrogen-bond donors (Lipinski definition) is 2. The summed E-state index contributed by atoms with van der Waals surface area (Å²) in [5.41, 5.74) is 1.14. The third-order valence-electron chi connectivity index (χ3n) is 4.41. The van der Waals surface area contributed by atoms with Crippen LogP contribution in [0.2, 0.25) is 0 Å². The van der Waals surface area contributed by atoms with Gasteiger partial charge >= 0.3 is 5.97 Å². The van der Waals surface area contributed by atoms with Gasteiger partial charge < -0.3 is 20.1 Å². The third-order valence-corrected chi connectivity index (χ3v) is 4.41. The zero-order valence-electron chi connectivity index (χ0n) is 15.3. The highest BCUT2D eigenvalue weighted by Crippen LogP contribution is 2.22.